The maximum Gasteiger partial charge on any atom is 0.313 e. The number of amides is 2. The highest BCUT2D eigenvalue weighted by molar-refractivity contribution is 6.39. The standard InChI is InChI=1S/C18H28N2O4/c1-4-5-12-24-16-9-7-15(8-10-16)20-18(22)17(21)19-11-6-13-23-14(2)3/h7-10,14H,4-6,11-13H2,1-3H3,(H,19,21)(H,20,22). The van der Waals surface area contributed by atoms with Gasteiger partial charge in [-0.05, 0) is 51.0 Å². The second kappa shape index (κ2) is 11.5. The van der Waals surface area contributed by atoms with E-state index in [0.717, 1.165) is 18.6 Å². The van der Waals surface area contributed by atoms with E-state index in [4.69, 9.17) is 9.47 Å². The molecule has 24 heavy (non-hydrogen) atoms. The molecule has 0 aliphatic rings. The number of hydrogen-bond donors (Lipinski definition) is 2. The van der Waals surface area contributed by atoms with Crippen molar-refractivity contribution < 1.29 is 19.1 Å². The van der Waals surface area contributed by atoms with Crippen molar-refractivity contribution in [3.05, 3.63) is 24.3 Å². The Morgan fingerprint density at radius 3 is 2.38 bits per heavy atom. The third-order valence-electron chi connectivity index (χ3n) is 3.14. The van der Waals surface area contributed by atoms with E-state index in [1.54, 1.807) is 24.3 Å². The topological polar surface area (TPSA) is 76.7 Å². The lowest BCUT2D eigenvalue weighted by atomic mass is 10.3. The molecule has 0 aliphatic carbocycles. The minimum Gasteiger partial charge on any atom is -0.494 e. The summed E-state index contributed by atoms with van der Waals surface area (Å²) in [6.07, 6.45) is 2.91. The second-order valence-electron chi connectivity index (χ2n) is 5.71. The highest BCUT2D eigenvalue weighted by atomic mass is 16.5. The lowest BCUT2D eigenvalue weighted by molar-refractivity contribution is -0.136. The predicted octanol–water partition coefficient (Wildman–Crippen LogP) is 2.74. The molecular weight excluding hydrogens is 308 g/mol. The fourth-order valence-electron chi connectivity index (χ4n) is 1.83. The van der Waals surface area contributed by atoms with Crippen LogP contribution in [-0.2, 0) is 14.3 Å². The van der Waals surface area contributed by atoms with Crippen LogP contribution in [0.25, 0.3) is 0 Å². The Morgan fingerprint density at radius 1 is 1.04 bits per heavy atom. The Morgan fingerprint density at radius 2 is 1.75 bits per heavy atom. The van der Waals surface area contributed by atoms with Crippen molar-refractivity contribution in [3.8, 4) is 5.75 Å². The monoisotopic (exact) mass is 336 g/mol. The summed E-state index contributed by atoms with van der Waals surface area (Å²) in [5, 5.41) is 5.12. The number of benzene rings is 1. The van der Waals surface area contributed by atoms with Gasteiger partial charge in [-0.2, -0.15) is 0 Å². The molecule has 0 aliphatic heterocycles. The number of nitrogens with one attached hydrogen (secondary N) is 2. The first-order chi connectivity index (χ1) is 11.5. The number of ether oxygens (including phenoxy) is 2. The van der Waals surface area contributed by atoms with E-state index in [1.807, 2.05) is 13.8 Å². The summed E-state index contributed by atoms with van der Waals surface area (Å²) in [5.74, 6) is -0.585. The summed E-state index contributed by atoms with van der Waals surface area (Å²) in [6, 6.07) is 6.96. The van der Waals surface area contributed by atoms with Crippen LogP contribution in [-0.4, -0.2) is 37.7 Å². The van der Waals surface area contributed by atoms with Crippen LogP contribution >= 0.6 is 0 Å². The Hall–Kier alpha value is -2.08. The molecular formula is C18H28N2O4. The molecule has 0 radical (unpaired) electrons. The van der Waals surface area contributed by atoms with Crippen LogP contribution in [0.4, 0.5) is 5.69 Å². The van der Waals surface area contributed by atoms with Crippen molar-refractivity contribution >= 4 is 17.5 Å². The molecule has 0 saturated heterocycles. The van der Waals surface area contributed by atoms with Crippen molar-refractivity contribution in [2.45, 2.75) is 46.1 Å². The molecule has 0 atom stereocenters. The van der Waals surface area contributed by atoms with Gasteiger partial charge in [-0.15, -0.1) is 0 Å². The SMILES string of the molecule is CCCCOc1ccc(NC(=O)C(=O)NCCCOC(C)C)cc1. The minimum absolute atomic E-state index is 0.165. The molecule has 0 bridgehead atoms. The fraction of sp³-hybridized carbons (Fsp3) is 0.556. The van der Waals surface area contributed by atoms with Crippen molar-refractivity contribution in [3.63, 3.8) is 0 Å². The van der Waals surface area contributed by atoms with Gasteiger partial charge in [0, 0.05) is 18.8 Å². The van der Waals surface area contributed by atoms with Crippen molar-refractivity contribution in [2.75, 3.05) is 25.1 Å². The molecule has 0 spiro atoms. The highest BCUT2D eigenvalue weighted by Crippen LogP contribution is 2.15. The number of rotatable bonds is 10. The Kier molecular flexibility index (Phi) is 9.53. The van der Waals surface area contributed by atoms with Crippen LogP contribution in [0.1, 0.15) is 40.0 Å². The van der Waals surface area contributed by atoms with Gasteiger partial charge in [-0.25, -0.2) is 0 Å². The average molecular weight is 336 g/mol. The zero-order valence-corrected chi connectivity index (χ0v) is 14.8. The Balaban J connectivity index is 2.29. The average Bonchev–Trinajstić information content (AvgIpc) is 2.56. The van der Waals surface area contributed by atoms with Crippen LogP contribution in [0.15, 0.2) is 24.3 Å². The quantitative estimate of drug-likeness (QED) is 0.509. The summed E-state index contributed by atoms with van der Waals surface area (Å²) >= 11 is 0. The van der Waals surface area contributed by atoms with Crippen LogP contribution in [0.3, 0.4) is 0 Å². The Bertz CT molecular complexity index is 500. The number of carbonyl (C=O) groups excluding carboxylic acids is 2. The minimum atomic E-state index is -0.681. The van der Waals surface area contributed by atoms with E-state index in [1.165, 1.54) is 0 Å². The van der Waals surface area contributed by atoms with Crippen LogP contribution in [0.2, 0.25) is 0 Å². The van der Waals surface area contributed by atoms with Gasteiger partial charge < -0.3 is 20.1 Å². The lowest BCUT2D eigenvalue weighted by Gasteiger charge is -2.09. The second-order valence-corrected chi connectivity index (χ2v) is 5.71. The van der Waals surface area contributed by atoms with Crippen LogP contribution in [0.5, 0.6) is 5.75 Å². The van der Waals surface area contributed by atoms with Crippen molar-refractivity contribution in [2.24, 2.45) is 0 Å². The number of carbonyl (C=O) groups is 2. The summed E-state index contributed by atoms with van der Waals surface area (Å²) in [5.41, 5.74) is 0.557. The highest BCUT2D eigenvalue weighted by Gasteiger charge is 2.12. The third-order valence-corrected chi connectivity index (χ3v) is 3.14. The van der Waals surface area contributed by atoms with E-state index >= 15 is 0 Å². The molecule has 134 valence electrons. The molecule has 6 heteroatoms. The van der Waals surface area contributed by atoms with E-state index in [2.05, 4.69) is 17.6 Å². The predicted molar refractivity (Wildman–Crippen MR) is 94.2 cm³/mol. The number of anilines is 1. The molecule has 6 nitrogen and oxygen atoms in total. The van der Waals surface area contributed by atoms with Crippen LogP contribution < -0.4 is 15.4 Å². The normalized spacial score (nSPS) is 10.5. The molecule has 0 aromatic heterocycles. The lowest BCUT2D eigenvalue weighted by Crippen LogP contribution is -2.36. The molecule has 2 N–H and O–H groups in total. The zero-order chi connectivity index (χ0) is 17.8. The van der Waals surface area contributed by atoms with E-state index < -0.39 is 11.8 Å². The van der Waals surface area contributed by atoms with Gasteiger partial charge in [-0.3, -0.25) is 9.59 Å². The van der Waals surface area contributed by atoms with Gasteiger partial charge in [0.15, 0.2) is 0 Å². The molecule has 1 rings (SSSR count). The molecule has 0 heterocycles. The molecule has 1 aromatic rings. The fourth-order valence-corrected chi connectivity index (χ4v) is 1.83. The van der Waals surface area contributed by atoms with E-state index in [9.17, 15) is 9.59 Å². The van der Waals surface area contributed by atoms with Gasteiger partial charge >= 0.3 is 11.8 Å². The number of unbranched alkanes of at least 4 members (excludes halogenated alkanes) is 1. The first kappa shape index (κ1) is 20.0. The summed E-state index contributed by atoms with van der Waals surface area (Å²) < 4.78 is 10.9. The van der Waals surface area contributed by atoms with E-state index in [0.29, 0.717) is 31.9 Å². The maximum atomic E-state index is 11.8. The Labute approximate surface area is 143 Å². The smallest absolute Gasteiger partial charge is 0.313 e. The summed E-state index contributed by atoms with van der Waals surface area (Å²) in [7, 11) is 0. The zero-order valence-electron chi connectivity index (χ0n) is 14.8. The third kappa shape index (κ3) is 8.53. The maximum absolute atomic E-state index is 11.8. The van der Waals surface area contributed by atoms with Gasteiger partial charge in [0.25, 0.3) is 0 Å². The van der Waals surface area contributed by atoms with Gasteiger partial charge in [0.2, 0.25) is 0 Å². The first-order valence-corrected chi connectivity index (χ1v) is 8.46. The summed E-state index contributed by atoms with van der Waals surface area (Å²) in [4.78, 5) is 23.5. The molecule has 1 aromatic carbocycles. The van der Waals surface area contributed by atoms with Crippen molar-refractivity contribution in [1.29, 1.82) is 0 Å². The van der Waals surface area contributed by atoms with Crippen molar-refractivity contribution in [1.82, 2.24) is 5.32 Å². The molecule has 0 saturated carbocycles. The van der Waals surface area contributed by atoms with Gasteiger partial charge in [-0.1, -0.05) is 13.3 Å². The first-order valence-electron chi connectivity index (χ1n) is 8.46. The molecule has 0 fully saturated rings. The van der Waals surface area contributed by atoms with E-state index in [-0.39, 0.29) is 6.10 Å². The van der Waals surface area contributed by atoms with Crippen LogP contribution in [0, 0.1) is 0 Å². The van der Waals surface area contributed by atoms with Gasteiger partial charge in [0.1, 0.15) is 5.75 Å². The van der Waals surface area contributed by atoms with Gasteiger partial charge in [0.05, 0.1) is 12.7 Å². The molecule has 2 amide bonds. The summed E-state index contributed by atoms with van der Waals surface area (Å²) in [6.45, 7) is 7.63. The number of hydrogen-bond acceptors (Lipinski definition) is 4. The largest absolute Gasteiger partial charge is 0.494 e. The molecule has 0 unspecified atom stereocenters.